The zero-order valence-electron chi connectivity index (χ0n) is 19.4. The summed E-state index contributed by atoms with van der Waals surface area (Å²) in [7, 11) is 1.72. The minimum Gasteiger partial charge on any atom is -0.376 e. The topological polar surface area (TPSA) is 110 Å². The van der Waals surface area contributed by atoms with E-state index in [1.54, 1.807) is 36.2 Å². The van der Waals surface area contributed by atoms with Gasteiger partial charge < -0.3 is 24.8 Å². The van der Waals surface area contributed by atoms with Crippen LogP contribution in [0.15, 0.2) is 53.1 Å². The molecular weight excluding hydrogens is 434 g/mol. The predicted octanol–water partition coefficient (Wildman–Crippen LogP) is 3.66. The average molecular weight is 464 g/mol. The molecule has 1 aliphatic heterocycles. The molecule has 0 unspecified atom stereocenters. The van der Waals surface area contributed by atoms with Crippen molar-refractivity contribution >= 4 is 17.6 Å². The largest absolute Gasteiger partial charge is 0.376 e. The highest BCUT2D eigenvalue weighted by atomic mass is 16.5. The highest BCUT2D eigenvalue weighted by Gasteiger charge is 2.17. The van der Waals surface area contributed by atoms with Gasteiger partial charge in [-0.3, -0.25) is 4.79 Å². The van der Waals surface area contributed by atoms with Gasteiger partial charge in [-0.15, -0.1) is 0 Å². The maximum atomic E-state index is 12.4. The van der Waals surface area contributed by atoms with Gasteiger partial charge in [0, 0.05) is 50.0 Å². The van der Waals surface area contributed by atoms with E-state index < -0.39 is 0 Å². The molecule has 1 aliphatic rings. The number of nitrogens with zero attached hydrogens (tertiary/aromatic N) is 3. The minimum atomic E-state index is -0.206. The number of hydrogen-bond donors (Lipinski definition) is 2. The molecule has 1 saturated heterocycles. The van der Waals surface area contributed by atoms with Gasteiger partial charge in [-0.05, 0) is 61.7 Å². The van der Waals surface area contributed by atoms with Gasteiger partial charge in [-0.25, -0.2) is 4.79 Å². The molecule has 2 N–H and O–H groups in total. The van der Waals surface area contributed by atoms with Gasteiger partial charge in [0.2, 0.25) is 0 Å². The lowest BCUT2D eigenvalue weighted by molar-refractivity contribution is 0.0858. The fourth-order valence-corrected chi connectivity index (χ4v) is 3.66. The zero-order chi connectivity index (χ0) is 23.9. The Morgan fingerprint density at radius 2 is 2.00 bits per heavy atom. The molecule has 1 fully saturated rings. The van der Waals surface area contributed by atoms with Crippen LogP contribution in [-0.2, 0) is 11.2 Å². The van der Waals surface area contributed by atoms with Crippen molar-refractivity contribution < 1.29 is 18.8 Å². The molecule has 178 valence electrons. The number of anilines is 1. The van der Waals surface area contributed by atoms with Crippen molar-refractivity contribution in [3.05, 3.63) is 65.5 Å². The summed E-state index contributed by atoms with van der Waals surface area (Å²) in [5.41, 5.74) is 3.11. The third-order valence-electron chi connectivity index (χ3n) is 5.66. The molecule has 2 heterocycles. The van der Waals surface area contributed by atoms with Gasteiger partial charge in [0.15, 0.2) is 5.82 Å². The van der Waals surface area contributed by atoms with Crippen molar-refractivity contribution in [2.45, 2.75) is 32.3 Å². The molecule has 0 spiro atoms. The van der Waals surface area contributed by atoms with Crippen LogP contribution in [0.4, 0.5) is 10.5 Å². The number of rotatable bonds is 8. The molecule has 1 atom stereocenters. The number of nitrogens with one attached hydrogen (secondary N) is 2. The molecule has 34 heavy (non-hydrogen) atoms. The third-order valence-corrected chi connectivity index (χ3v) is 5.66. The number of aryl methyl sites for hydroxylation is 1. The van der Waals surface area contributed by atoms with Gasteiger partial charge in [-0.1, -0.05) is 17.3 Å². The van der Waals surface area contributed by atoms with Gasteiger partial charge >= 0.3 is 6.03 Å². The molecule has 4 rings (SSSR count). The molecule has 2 aromatic carbocycles. The molecular formula is C25H29N5O4. The van der Waals surface area contributed by atoms with Crippen molar-refractivity contribution in [3.63, 3.8) is 0 Å². The molecule has 0 bridgehead atoms. The van der Waals surface area contributed by atoms with E-state index in [0.29, 0.717) is 36.8 Å². The summed E-state index contributed by atoms with van der Waals surface area (Å²) in [6.45, 7) is 3.69. The van der Waals surface area contributed by atoms with E-state index in [1.807, 2.05) is 31.2 Å². The summed E-state index contributed by atoms with van der Waals surface area (Å²) in [5, 5.41) is 9.79. The van der Waals surface area contributed by atoms with Crippen LogP contribution >= 0.6 is 0 Å². The van der Waals surface area contributed by atoms with E-state index >= 15 is 0 Å². The second-order valence-electron chi connectivity index (χ2n) is 8.41. The van der Waals surface area contributed by atoms with E-state index in [-0.39, 0.29) is 18.0 Å². The lowest BCUT2D eigenvalue weighted by atomic mass is 10.1. The number of benzene rings is 2. The number of urea groups is 1. The summed E-state index contributed by atoms with van der Waals surface area (Å²) in [6, 6.07) is 14.4. The molecule has 3 aromatic rings. The van der Waals surface area contributed by atoms with Gasteiger partial charge in [0.1, 0.15) is 0 Å². The number of carbonyl (C=O) groups excluding carboxylic acids is 2. The summed E-state index contributed by atoms with van der Waals surface area (Å²) >= 11 is 0. The number of carbonyl (C=O) groups is 2. The molecule has 3 amide bonds. The Morgan fingerprint density at radius 1 is 1.18 bits per heavy atom. The smallest absolute Gasteiger partial charge is 0.321 e. The van der Waals surface area contributed by atoms with Crippen LogP contribution in [0, 0.1) is 6.92 Å². The van der Waals surface area contributed by atoms with Crippen LogP contribution in [0.2, 0.25) is 0 Å². The second kappa shape index (κ2) is 10.9. The normalized spacial score (nSPS) is 15.2. The first kappa shape index (κ1) is 23.4. The average Bonchev–Trinajstić information content (AvgIpc) is 3.53. The van der Waals surface area contributed by atoms with Crippen molar-refractivity contribution in [1.29, 1.82) is 0 Å². The molecule has 9 nitrogen and oxygen atoms in total. The Kier molecular flexibility index (Phi) is 7.54. The van der Waals surface area contributed by atoms with E-state index in [1.165, 1.54) is 0 Å². The van der Waals surface area contributed by atoms with Crippen LogP contribution in [0.1, 0.15) is 34.6 Å². The first-order valence-corrected chi connectivity index (χ1v) is 11.4. The van der Waals surface area contributed by atoms with E-state index in [4.69, 9.17) is 9.26 Å². The Labute approximate surface area is 198 Å². The van der Waals surface area contributed by atoms with Gasteiger partial charge in [0.25, 0.3) is 11.8 Å². The Balaban J connectivity index is 1.27. The quantitative estimate of drug-likeness (QED) is 0.528. The maximum absolute atomic E-state index is 12.4. The monoisotopic (exact) mass is 463 g/mol. The fourth-order valence-electron chi connectivity index (χ4n) is 3.66. The number of aromatic nitrogens is 2. The number of hydrogen-bond acceptors (Lipinski definition) is 6. The molecule has 9 heteroatoms. The SMILES string of the molecule is Cc1cccc(NC(=O)N(C)CCc2noc(-c3ccc(C(=O)NC[C@@H]4CCCO4)cc3)n2)c1. The summed E-state index contributed by atoms with van der Waals surface area (Å²) in [6.07, 6.45) is 2.57. The first-order valence-electron chi connectivity index (χ1n) is 11.4. The molecule has 0 aliphatic carbocycles. The van der Waals surface area contributed by atoms with Crippen molar-refractivity contribution in [2.24, 2.45) is 0 Å². The Bertz CT molecular complexity index is 1120. The standard InChI is InChI=1S/C25H29N5O4/c1-17-5-3-6-20(15-17)27-25(32)30(2)13-12-22-28-24(34-29-22)19-10-8-18(9-11-19)23(31)26-16-21-7-4-14-33-21/h3,5-6,8-11,15,21H,4,7,12-14,16H2,1-2H3,(H,26,31)(H,27,32)/t21-/m0/s1. The van der Waals surface area contributed by atoms with Crippen LogP contribution < -0.4 is 10.6 Å². The number of likely N-dealkylation sites (N-methyl/N-ethyl adjacent to an activating group) is 1. The van der Waals surface area contributed by atoms with Crippen LogP contribution in [0.3, 0.4) is 0 Å². The molecule has 0 saturated carbocycles. The Hall–Kier alpha value is -3.72. The molecule has 0 radical (unpaired) electrons. The predicted molar refractivity (Wildman–Crippen MR) is 128 cm³/mol. The van der Waals surface area contributed by atoms with Crippen LogP contribution in [0.25, 0.3) is 11.5 Å². The summed E-state index contributed by atoms with van der Waals surface area (Å²) in [4.78, 5) is 30.7. The second-order valence-corrected chi connectivity index (χ2v) is 8.41. The van der Waals surface area contributed by atoms with E-state index in [0.717, 1.165) is 36.3 Å². The van der Waals surface area contributed by atoms with E-state index in [2.05, 4.69) is 20.8 Å². The number of amides is 3. The maximum Gasteiger partial charge on any atom is 0.321 e. The fraction of sp³-hybridized carbons (Fsp3) is 0.360. The molecule has 1 aromatic heterocycles. The zero-order valence-corrected chi connectivity index (χ0v) is 19.4. The lowest BCUT2D eigenvalue weighted by Crippen LogP contribution is -2.33. The Morgan fingerprint density at radius 3 is 2.74 bits per heavy atom. The minimum absolute atomic E-state index is 0.104. The van der Waals surface area contributed by atoms with Gasteiger partial charge in [0.05, 0.1) is 6.10 Å². The van der Waals surface area contributed by atoms with E-state index in [9.17, 15) is 9.59 Å². The summed E-state index contributed by atoms with van der Waals surface area (Å²) < 4.78 is 10.9. The third kappa shape index (κ3) is 6.20. The first-order chi connectivity index (χ1) is 16.5. The van der Waals surface area contributed by atoms with Crippen LogP contribution in [-0.4, -0.2) is 59.8 Å². The van der Waals surface area contributed by atoms with Crippen molar-refractivity contribution in [1.82, 2.24) is 20.4 Å². The van der Waals surface area contributed by atoms with Crippen molar-refractivity contribution in [2.75, 3.05) is 32.1 Å². The van der Waals surface area contributed by atoms with Crippen molar-refractivity contribution in [3.8, 4) is 11.5 Å². The lowest BCUT2D eigenvalue weighted by Gasteiger charge is -2.17. The highest BCUT2D eigenvalue weighted by Crippen LogP contribution is 2.18. The summed E-state index contributed by atoms with van der Waals surface area (Å²) in [5.74, 6) is 0.733. The van der Waals surface area contributed by atoms with Crippen LogP contribution in [0.5, 0.6) is 0 Å². The van der Waals surface area contributed by atoms with Gasteiger partial charge in [-0.2, -0.15) is 4.98 Å². The number of ether oxygens (including phenoxy) is 1. The highest BCUT2D eigenvalue weighted by molar-refractivity contribution is 5.94.